The zero-order valence-electron chi connectivity index (χ0n) is 19.8. The third-order valence-corrected chi connectivity index (χ3v) is 5.43. The van der Waals surface area contributed by atoms with E-state index in [9.17, 15) is 18.0 Å². The van der Waals surface area contributed by atoms with E-state index in [1.807, 2.05) is 19.1 Å². The van der Waals surface area contributed by atoms with Crippen LogP contribution in [-0.2, 0) is 17.4 Å². The number of aryl methyl sites for hydroxylation is 2. The minimum absolute atomic E-state index is 0.0420. The Kier molecular flexibility index (Phi) is 7.67. The summed E-state index contributed by atoms with van der Waals surface area (Å²) in [7, 11) is 0. The van der Waals surface area contributed by atoms with Gasteiger partial charge in [0.15, 0.2) is 11.5 Å². The molecule has 0 heterocycles. The SMILES string of the molecule is Cc1cc(Oc2cccc(Oc3ccc(C(F)(F)F)cc3Oc3ccccc3)c2)ccc1CCC(=O)O. The van der Waals surface area contributed by atoms with Crippen molar-refractivity contribution in [3.8, 4) is 34.5 Å². The third-order valence-electron chi connectivity index (χ3n) is 5.43. The summed E-state index contributed by atoms with van der Waals surface area (Å²) in [6.07, 6.45) is -4.08. The topological polar surface area (TPSA) is 65.0 Å². The van der Waals surface area contributed by atoms with E-state index in [0.29, 0.717) is 29.4 Å². The maximum atomic E-state index is 13.3. The second-order valence-corrected chi connectivity index (χ2v) is 8.24. The van der Waals surface area contributed by atoms with Gasteiger partial charge in [-0.3, -0.25) is 4.79 Å². The first-order valence-electron chi connectivity index (χ1n) is 11.4. The van der Waals surface area contributed by atoms with Gasteiger partial charge in [0.1, 0.15) is 23.0 Å². The van der Waals surface area contributed by atoms with E-state index in [0.717, 1.165) is 23.3 Å². The van der Waals surface area contributed by atoms with Gasteiger partial charge in [0, 0.05) is 12.5 Å². The van der Waals surface area contributed by atoms with E-state index in [1.54, 1.807) is 60.7 Å². The zero-order chi connectivity index (χ0) is 26.4. The molecule has 0 aliphatic heterocycles. The first kappa shape index (κ1) is 25.6. The molecule has 1 N–H and O–H groups in total. The minimum atomic E-state index is -4.54. The Morgan fingerprint density at radius 3 is 2.05 bits per heavy atom. The zero-order valence-corrected chi connectivity index (χ0v) is 19.8. The van der Waals surface area contributed by atoms with Gasteiger partial charge in [0.05, 0.1) is 5.56 Å². The number of aliphatic carboxylic acids is 1. The number of carbonyl (C=O) groups is 1. The molecule has 0 atom stereocenters. The van der Waals surface area contributed by atoms with E-state index in [4.69, 9.17) is 19.3 Å². The Morgan fingerprint density at radius 1 is 0.730 bits per heavy atom. The Bertz CT molecular complexity index is 1380. The maximum absolute atomic E-state index is 13.3. The van der Waals surface area contributed by atoms with Crippen LogP contribution in [0.5, 0.6) is 34.5 Å². The second-order valence-electron chi connectivity index (χ2n) is 8.24. The highest BCUT2D eigenvalue weighted by Crippen LogP contribution is 2.40. The van der Waals surface area contributed by atoms with Crippen molar-refractivity contribution < 1.29 is 37.3 Å². The van der Waals surface area contributed by atoms with Crippen LogP contribution in [-0.4, -0.2) is 11.1 Å². The lowest BCUT2D eigenvalue weighted by Gasteiger charge is -2.16. The van der Waals surface area contributed by atoms with Crippen LogP contribution in [0.2, 0.25) is 0 Å². The molecule has 5 nitrogen and oxygen atoms in total. The van der Waals surface area contributed by atoms with E-state index in [1.165, 1.54) is 6.07 Å². The number of rotatable bonds is 9. The molecule has 0 aliphatic carbocycles. The van der Waals surface area contributed by atoms with E-state index in [-0.39, 0.29) is 17.9 Å². The highest BCUT2D eigenvalue weighted by atomic mass is 19.4. The first-order valence-corrected chi connectivity index (χ1v) is 11.4. The van der Waals surface area contributed by atoms with E-state index in [2.05, 4.69) is 0 Å². The van der Waals surface area contributed by atoms with Crippen LogP contribution in [0, 0.1) is 6.92 Å². The summed E-state index contributed by atoms with van der Waals surface area (Å²) in [5.74, 6) is 0.870. The van der Waals surface area contributed by atoms with Crippen LogP contribution >= 0.6 is 0 Å². The molecule has 0 bridgehead atoms. The lowest BCUT2D eigenvalue weighted by atomic mass is 10.0. The molecule has 0 amide bonds. The first-order chi connectivity index (χ1) is 17.7. The average molecular weight is 508 g/mol. The van der Waals surface area contributed by atoms with Crippen LogP contribution in [0.4, 0.5) is 13.2 Å². The number of hydrogen-bond acceptors (Lipinski definition) is 4. The van der Waals surface area contributed by atoms with Crippen molar-refractivity contribution in [2.24, 2.45) is 0 Å². The average Bonchev–Trinajstić information content (AvgIpc) is 2.85. The Balaban J connectivity index is 1.54. The Morgan fingerprint density at radius 2 is 1.38 bits per heavy atom. The fourth-order valence-corrected chi connectivity index (χ4v) is 3.58. The summed E-state index contributed by atoms with van der Waals surface area (Å²) in [6, 6.07) is 23.6. The maximum Gasteiger partial charge on any atom is 0.416 e. The van der Waals surface area contributed by atoms with Crippen molar-refractivity contribution in [3.63, 3.8) is 0 Å². The molecule has 4 aromatic rings. The number of benzene rings is 4. The molecular weight excluding hydrogens is 485 g/mol. The summed E-state index contributed by atoms with van der Waals surface area (Å²) in [5, 5.41) is 8.89. The van der Waals surface area contributed by atoms with Crippen LogP contribution in [0.3, 0.4) is 0 Å². The molecule has 0 aliphatic rings. The molecule has 0 fully saturated rings. The molecule has 8 heteroatoms. The van der Waals surface area contributed by atoms with Crippen molar-refractivity contribution in [2.45, 2.75) is 25.9 Å². The largest absolute Gasteiger partial charge is 0.481 e. The van der Waals surface area contributed by atoms with E-state index >= 15 is 0 Å². The number of carboxylic acid groups (broad SMARTS) is 1. The fourth-order valence-electron chi connectivity index (χ4n) is 3.58. The van der Waals surface area contributed by atoms with Gasteiger partial charge in [-0.2, -0.15) is 13.2 Å². The molecule has 0 unspecified atom stereocenters. The summed E-state index contributed by atoms with van der Waals surface area (Å²) in [5.41, 5.74) is 0.962. The van der Waals surface area contributed by atoms with Crippen molar-refractivity contribution >= 4 is 5.97 Å². The normalized spacial score (nSPS) is 11.1. The molecule has 0 saturated heterocycles. The van der Waals surface area contributed by atoms with Crippen molar-refractivity contribution in [1.82, 2.24) is 0 Å². The Labute approximate surface area is 211 Å². The van der Waals surface area contributed by atoms with Crippen LogP contribution in [0.1, 0.15) is 23.1 Å². The Hall–Kier alpha value is -4.46. The molecule has 4 rings (SSSR count). The predicted molar refractivity (Wildman–Crippen MR) is 132 cm³/mol. The lowest BCUT2D eigenvalue weighted by molar-refractivity contribution is -0.138. The molecule has 37 heavy (non-hydrogen) atoms. The number of hydrogen-bond donors (Lipinski definition) is 1. The molecule has 4 aromatic carbocycles. The molecule has 190 valence electrons. The van der Waals surface area contributed by atoms with Crippen molar-refractivity contribution in [2.75, 3.05) is 0 Å². The van der Waals surface area contributed by atoms with Crippen LogP contribution in [0.15, 0.2) is 91.0 Å². The van der Waals surface area contributed by atoms with Crippen molar-refractivity contribution in [3.05, 3.63) is 108 Å². The lowest BCUT2D eigenvalue weighted by Crippen LogP contribution is -2.05. The quantitative estimate of drug-likeness (QED) is 0.246. The van der Waals surface area contributed by atoms with Gasteiger partial charge in [-0.05, 0) is 79.1 Å². The van der Waals surface area contributed by atoms with Gasteiger partial charge in [0.25, 0.3) is 0 Å². The van der Waals surface area contributed by atoms with Gasteiger partial charge >= 0.3 is 12.1 Å². The molecule has 0 radical (unpaired) electrons. The molecular formula is C29H23F3O5. The third kappa shape index (κ3) is 7.04. The summed E-state index contributed by atoms with van der Waals surface area (Å²) >= 11 is 0. The van der Waals surface area contributed by atoms with Crippen molar-refractivity contribution in [1.29, 1.82) is 0 Å². The standard InChI is InChI=1S/C29H23F3O5/c1-19-16-25(13-10-20(19)11-15-28(33)34)35-23-8-5-9-24(18-23)37-26-14-12-21(29(30,31)32)17-27(26)36-22-6-3-2-4-7-22/h2-10,12-14,16-18H,11,15H2,1H3,(H,33,34). The summed E-state index contributed by atoms with van der Waals surface area (Å²) in [4.78, 5) is 10.8. The highest BCUT2D eigenvalue weighted by molar-refractivity contribution is 5.67. The van der Waals surface area contributed by atoms with Gasteiger partial charge in [-0.25, -0.2) is 0 Å². The molecule has 0 spiro atoms. The highest BCUT2D eigenvalue weighted by Gasteiger charge is 2.31. The van der Waals surface area contributed by atoms with Crippen LogP contribution < -0.4 is 14.2 Å². The second kappa shape index (κ2) is 11.1. The summed E-state index contributed by atoms with van der Waals surface area (Å²) in [6.45, 7) is 1.88. The molecule has 0 saturated carbocycles. The monoisotopic (exact) mass is 508 g/mol. The number of carboxylic acids is 1. The number of halogens is 3. The van der Waals surface area contributed by atoms with Gasteiger partial charge in [-0.15, -0.1) is 0 Å². The van der Waals surface area contributed by atoms with E-state index < -0.39 is 17.7 Å². The minimum Gasteiger partial charge on any atom is -0.481 e. The van der Waals surface area contributed by atoms with Gasteiger partial charge in [-0.1, -0.05) is 30.3 Å². The smallest absolute Gasteiger partial charge is 0.416 e. The number of ether oxygens (including phenoxy) is 3. The number of para-hydroxylation sites is 1. The number of alkyl halides is 3. The predicted octanol–water partition coefficient (Wildman–Crippen LogP) is 8.41. The summed E-state index contributed by atoms with van der Waals surface area (Å²) < 4.78 is 57.5. The molecule has 0 aromatic heterocycles. The van der Waals surface area contributed by atoms with Gasteiger partial charge in [0.2, 0.25) is 0 Å². The van der Waals surface area contributed by atoms with Gasteiger partial charge < -0.3 is 19.3 Å². The van der Waals surface area contributed by atoms with Crippen LogP contribution in [0.25, 0.3) is 0 Å². The fraction of sp³-hybridized carbons (Fsp3) is 0.138.